The van der Waals surface area contributed by atoms with Gasteiger partial charge in [-0.15, -0.1) is 10.7 Å². The third kappa shape index (κ3) is 2.91. The average Bonchev–Trinajstić information content (AvgIpc) is 2.65. The number of nitrogens with one attached hydrogen (secondary N) is 1. The van der Waals surface area contributed by atoms with Gasteiger partial charge in [-0.1, -0.05) is 54.6 Å². The van der Waals surface area contributed by atoms with Gasteiger partial charge >= 0.3 is 0 Å². The molecule has 0 aliphatic rings. The van der Waals surface area contributed by atoms with E-state index in [1.807, 2.05) is 54.6 Å². The van der Waals surface area contributed by atoms with E-state index >= 15 is 0 Å². The summed E-state index contributed by atoms with van der Waals surface area (Å²) in [5.74, 6) is 0. The van der Waals surface area contributed by atoms with E-state index in [4.69, 9.17) is 5.53 Å². The molecule has 112 valence electrons. The molecule has 0 aliphatic heterocycles. The number of hydrogen-bond donors (Lipinski definition) is 1. The molecular weight excluding hydrogens is 303 g/mol. The zero-order valence-electron chi connectivity index (χ0n) is 12.4. The van der Waals surface area contributed by atoms with E-state index < -0.39 is 7.41 Å². The zero-order valence-corrected chi connectivity index (χ0v) is 13.3. The fraction of sp³-hybridized carbons (Fsp3) is 0. The minimum atomic E-state index is -2.24. The normalized spacial score (nSPS) is 10.6. The fourth-order valence-electron chi connectivity index (χ4n) is 2.66. The van der Waals surface area contributed by atoms with Gasteiger partial charge < -0.3 is 0 Å². The van der Waals surface area contributed by atoms with Crippen LogP contribution in [0, 0.1) is 0 Å². The quantitative estimate of drug-likeness (QED) is 0.252. The van der Waals surface area contributed by atoms with E-state index in [9.17, 15) is 0 Å². The number of azide groups is 1. The standard InChI is InChI=1S/C18H16N4P/c19-20-21-22-23(16-10-4-1-5-11-16,17-12-6-2-7-13-17)18-14-8-3-9-15-18/h1-15,22H/q+1. The van der Waals surface area contributed by atoms with Crippen molar-refractivity contribution in [2.24, 2.45) is 5.22 Å². The Balaban J connectivity index is 2.32. The number of benzene rings is 3. The topological polar surface area (TPSA) is 60.8 Å². The first-order valence-corrected chi connectivity index (χ1v) is 9.04. The Morgan fingerprint density at radius 1 is 0.652 bits per heavy atom. The molecule has 0 atom stereocenters. The highest BCUT2D eigenvalue weighted by Gasteiger charge is 2.49. The first-order chi connectivity index (χ1) is 11.4. The van der Waals surface area contributed by atoms with Gasteiger partial charge in [-0.25, -0.2) is 0 Å². The first kappa shape index (κ1) is 15.1. The molecule has 0 saturated carbocycles. The molecule has 3 aromatic carbocycles. The lowest BCUT2D eigenvalue weighted by atomic mass is 10.4. The Labute approximate surface area is 135 Å². The highest BCUT2D eigenvalue weighted by Crippen LogP contribution is 2.51. The summed E-state index contributed by atoms with van der Waals surface area (Å²) in [4.78, 5) is 2.94. The fourth-order valence-corrected chi connectivity index (χ4v) is 5.94. The summed E-state index contributed by atoms with van der Waals surface area (Å²) in [7, 11) is -2.24. The first-order valence-electron chi connectivity index (χ1n) is 7.25. The minimum absolute atomic E-state index is 1.12. The van der Waals surface area contributed by atoms with Crippen LogP contribution in [-0.2, 0) is 0 Å². The molecule has 0 bridgehead atoms. The van der Waals surface area contributed by atoms with Crippen LogP contribution in [0.1, 0.15) is 0 Å². The van der Waals surface area contributed by atoms with Crippen molar-refractivity contribution in [2.45, 2.75) is 0 Å². The molecular formula is C18H16N4P+. The summed E-state index contributed by atoms with van der Waals surface area (Å²) in [6.45, 7) is 0. The summed E-state index contributed by atoms with van der Waals surface area (Å²) in [5.41, 5.74) is 8.88. The lowest BCUT2D eigenvalue weighted by molar-refractivity contribution is 1.06. The molecule has 0 spiro atoms. The van der Waals surface area contributed by atoms with E-state index in [2.05, 4.69) is 51.7 Å². The predicted octanol–water partition coefficient (Wildman–Crippen LogP) is 3.71. The second kappa shape index (κ2) is 6.97. The number of nitrogens with zero attached hydrogens (tertiary/aromatic N) is 3. The molecule has 0 heterocycles. The van der Waals surface area contributed by atoms with Crippen molar-refractivity contribution in [3.63, 3.8) is 0 Å². The van der Waals surface area contributed by atoms with Gasteiger partial charge in [0.1, 0.15) is 15.9 Å². The predicted molar refractivity (Wildman–Crippen MR) is 97.4 cm³/mol. The maximum absolute atomic E-state index is 8.88. The van der Waals surface area contributed by atoms with Crippen molar-refractivity contribution in [3.05, 3.63) is 101 Å². The largest absolute Gasteiger partial charge is 0.270 e. The SMILES string of the molecule is [N-]=[N+]=NN[P+](c1ccccc1)(c1ccccc1)c1ccccc1. The average molecular weight is 319 g/mol. The van der Waals surface area contributed by atoms with E-state index in [0.29, 0.717) is 0 Å². The molecule has 5 heteroatoms. The van der Waals surface area contributed by atoms with Gasteiger partial charge in [-0.2, -0.15) is 4.91 Å². The third-order valence-corrected chi connectivity index (χ3v) is 7.28. The highest BCUT2D eigenvalue weighted by atomic mass is 31.2. The van der Waals surface area contributed by atoms with Crippen molar-refractivity contribution in [3.8, 4) is 0 Å². The van der Waals surface area contributed by atoms with E-state index in [0.717, 1.165) is 15.9 Å². The maximum Gasteiger partial charge on any atom is 0.270 e. The van der Waals surface area contributed by atoms with Gasteiger partial charge in [0, 0.05) is 5.22 Å². The van der Waals surface area contributed by atoms with Gasteiger partial charge in [0.15, 0.2) is 0 Å². The molecule has 0 radical (unpaired) electrons. The van der Waals surface area contributed by atoms with Crippen molar-refractivity contribution in [1.82, 2.24) is 5.20 Å². The molecule has 0 amide bonds. The number of hydrogen-bond acceptors (Lipinski definition) is 1. The summed E-state index contributed by atoms with van der Waals surface area (Å²) < 4.78 is 0. The summed E-state index contributed by atoms with van der Waals surface area (Å²) in [5, 5.41) is 10.3. The minimum Gasteiger partial charge on any atom is -0.166 e. The van der Waals surface area contributed by atoms with E-state index in [-0.39, 0.29) is 0 Å². The van der Waals surface area contributed by atoms with Crippen LogP contribution in [0.2, 0.25) is 0 Å². The monoisotopic (exact) mass is 319 g/mol. The van der Waals surface area contributed by atoms with Gasteiger partial charge in [0.2, 0.25) is 0 Å². The van der Waals surface area contributed by atoms with Crippen LogP contribution in [0.3, 0.4) is 0 Å². The van der Waals surface area contributed by atoms with Crippen molar-refractivity contribution in [1.29, 1.82) is 0 Å². The Morgan fingerprint density at radius 3 is 1.30 bits per heavy atom. The van der Waals surface area contributed by atoms with Crippen LogP contribution >= 0.6 is 7.41 Å². The molecule has 23 heavy (non-hydrogen) atoms. The molecule has 3 aromatic rings. The van der Waals surface area contributed by atoms with Crippen LogP contribution in [-0.4, -0.2) is 0 Å². The second-order valence-electron chi connectivity index (χ2n) is 4.97. The summed E-state index contributed by atoms with van der Waals surface area (Å²) in [6.07, 6.45) is 0. The van der Waals surface area contributed by atoms with Gasteiger partial charge in [-0.05, 0) is 36.4 Å². The summed E-state index contributed by atoms with van der Waals surface area (Å²) >= 11 is 0. The zero-order chi connectivity index (χ0) is 16.0. The Hall–Kier alpha value is -2.80. The lowest BCUT2D eigenvalue weighted by Gasteiger charge is -2.22. The molecule has 4 nitrogen and oxygen atoms in total. The molecule has 0 fully saturated rings. The van der Waals surface area contributed by atoms with Crippen LogP contribution in [0.4, 0.5) is 0 Å². The molecule has 0 saturated heterocycles. The van der Waals surface area contributed by atoms with E-state index in [1.165, 1.54) is 0 Å². The van der Waals surface area contributed by atoms with Crippen LogP contribution in [0.5, 0.6) is 0 Å². The molecule has 0 aliphatic carbocycles. The Kier molecular flexibility index (Phi) is 4.58. The Morgan fingerprint density at radius 2 is 1.00 bits per heavy atom. The molecule has 1 N–H and O–H groups in total. The van der Waals surface area contributed by atoms with Crippen molar-refractivity contribution in [2.75, 3.05) is 0 Å². The van der Waals surface area contributed by atoms with E-state index in [1.54, 1.807) is 0 Å². The van der Waals surface area contributed by atoms with Gasteiger partial charge in [0.05, 0.1) is 0 Å². The van der Waals surface area contributed by atoms with Crippen LogP contribution in [0.25, 0.3) is 10.4 Å². The van der Waals surface area contributed by atoms with Gasteiger partial charge in [0.25, 0.3) is 7.41 Å². The van der Waals surface area contributed by atoms with Crippen molar-refractivity contribution < 1.29 is 0 Å². The molecule has 0 unspecified atom stereocenters. The second-order valence-corrected chi connectivity index (χ2v) is 8.06. The third-order valence-electron chi connectivity index (χ3n) is 3.67. The molecule has 3 rings (SSSR count). The lowest BCUT2D eigenvalue weighted by Crippen LogP contribution is -2.38. The maximum atomic E-state index is 8.88. The van der Waals surface area contributed by atoms with Crippen LogP contribution in [0.15, 0.2) is 96.2 Å². The Bertz CT molecular complexity index is 704. The summed E-state index contributed by atoms with van der Waals surface area (Å²) in [6, 6.07) is 30.5. The number of rotatable bonds is 5. The van der Waals surface area contributed by atoms with Crippen molar-refractivity contribution >= 4 is 23.3 Å². The smallest absolute Gasteiger partial charge is 0.166 e. The van der Waals surface area contributed by atoms with Crippen LogP contribution < -0.4 is 21.1 Å². The molecule has 0 aromatic heterocycles. The highest BCUT2D eigenvalue weighted by molar-refractivity contribution is 7.94. The van der Waals surface area contributed by atoms with Gasteiger partial charge in [-0.3, -0.25) is 0 Å².